The molecule has 53 heavy (non-hydrogen) atoms. The van der Waals surface area contributed by atoms with Gasteiger partial charge in [0.1, 0.15) is 11.5 Å². The molecule has 4 aliphatic rings. The van der Waals surface area contributed by atoms with Crippen LogP contribution in [0.2, 0.25) is 5.02 Å². The van der Waals surface area contributed by atoms with E-state index in [9.17, 15) is 37.5 Å². The van der Waals surface area contributed by atoms with E-state index in [0.717, 1.165) is 23.1 Å². The fraction of sp³-hybridized carbons (Fsp3) is 0.359. The van der Waals surface area contributed by atoms with E-state index in [1.807, 2.05) is 0 Å². The highest BCUT2D eigenvalue weighted by Crippen LogP contribution is 2.65. The number of ether oxygens (including phenoxy) is 1. The number of hydrogen-bond donors (Lipinski definition) is 2. The van der Waals surface area contributed by atoms with Crippen molar-refractivity contribution < 1.29 is 52.1 Å². The van der Waals surface area contributed by atoms with Crippen LogP contribution >= 0.6 is 11.6 Å². The average molecular weight is 751 g/mol. The highest BCUT2D eigenvalue weighted by atomic mass is 35.5. The van der Waals surface area contributed by atoms with Crippen molar-refractivity contribution in [3.63, 3.8) is 0 Å². The number of likely N-dealkylation sites (tertiary alicyclic amines) is 1. The summed E-state index contributed by atoms with van der Waals surface area (Å²) < 4.78 is 44.9. The Morgan fingerprint density at radius 3 is 2.36 bits per heavy atom. The Bertz CT molecular complexity index is 2040. The SMILES string of the molecule is O=C(O)CCCCCN1C(=O)[C@H]2[C@H](CC=C3[C@H]2C[C@H]2C(=O)N(c4cccc(Cl)c4)C(=O)[C@@]2(c2ccccc2)[C@H]3c2cc(OC(F)(F)F)ccc2O)C1=O. The molecule has 10 nitrogen and oxygen atoms in total. The molecule has 2 N–H and O–H groups in total. The maximum Gasteiger partial charge on any atom is 0.573 e. The van der Waals surface area contributed by atoms with Crippen LogP contribution in [0.5, 0.6) is 11.5 Å². The molecule has 2 heterocycles. The van der Waals surface area contributed by atoms with Crippen LogP contribution in [0.4, 0.5) is 18.9 Å². The molecule has 2 aliphatic carbocycles. The van der Waals surface area contributed by atoms with Gasteiger partial charge in [-0.25, -0.2) is 4.90 Å². The van der Waals surface area contributed by atoms with Crippen LogP contribution in [0, 0.1) is 23.7 Å². The zero-order valence-electron chi connectivity index (χ0n) is 28.1. The van der Waals surface area contributed by atoms with Crippen molar-refractivity contribution in [2.45, 2.75) is 56.2 Å². The van der Waals surface area contributed by atoms with E-state index in [1.165, 1.54) is 17.0 Å². The number of halogens is 4. The smallest absolute Gasteiger partial charge is 0.508 e. The molecular weight excluding hydrogens is 717 g/mol. The van der Waals surface area contributed by atoms with Crippen molar-refractivity contribution in [2.75, 3.05) is 11.4 Å². The summed E-state index contributed by atoms with van der Waals surface area (Å²) in [6.45, 7) is 0.0741. The number of carboxylic acid groups (broad SMARTS) is 1. The maximum absolute atomic E-state index is 15.3. The Kier molecular flexibility index (Phi) is 9.34. The van der Waals surface area contributed by atoms with Gasteiger partial charge in [-0.2, -0.15) is 0 Å². The number of unbranched alkanes of at least 4 members (excludes halogenated alkanes) is 2. The quantitative estimate of drug-likeness (QED) is 0.132. The van der Waals surface area contributed by atoms with E-state index in [2.05, 4.69) is 4.74 Å². The first kappa shape index (κ1) is 36.2. The lowest BCUT2D eigenvalue weighted by Crippen LogP contribution is -2.53. The third-order valence-electron chi connectivity index (χ3n) is 11.1. The minimum absolute atomic E-state index is 0.0462. The molecule has 7 rings (SSSR count). The second-order valence-corrected chi connectivity index (χ2v) is 14.3. The molecule has 6 atom stereocenters. The van der Waals surface area contributed by atoms with Crippen LogP contribution < -0.4 is 9.64 Å². The van der Waals surface area contributed by atoms with Crippen LogP contribution in [0.3, 0.4) is 0 Å². The Morgan fingerprint density at radius 2 is 1.66 bits per heavy atom. The fourth-order valence-corrected chi connectivity index (χ4v) is 9.24. The predicted octanol–water partition coefficient (Wildman–Crippen LogP) is 6.75. The summed E-state index contributed by atoms with van der Waals surface area (Å²) in [5, 5.41) is 20.7. The molecule has 2 saturated heterocycles. The summed E-state index contributed by atoms with van der Waals surface area (Å²) >= 11 is 6.31. The van der Waals surface area contributed by atoms with Crippen LogP contribution in [-0.4, -0.2) is 57.6 Å². The highest BCUT2D eigenvalue weighted by Gasteiger charge is 2.70. The second kappa shape index (κ2) is 13.7. The number of phenolic OH excluding ortho intramolecular Hbond substituents is 1. The van der Waals surface area contributed by atoms with E-state index in [1.54, 1.807) is 48.5 Å². The van der Waals surface area contributed by atoms with E-state index < -0.39 is 82.5 Å². The zero-order valence-corrected chi connectivity index (χ0v) is 28.8. The minimum atomic E-state index is -5.09. The van der Waals surface area contributed by atoms with Gasteiger partial charge in [0.05, 0.1) is 28.9 Å². The number of allylic oxidation sites excluding steroid dienone is 2. The molecule has 0 unspecified atom stereocenters. The first-order valence-electron chi connectivity index (χ1n) is 17.3. The van der Waals surface area contributed by atoms with Gasteiger partial charge in [0.25, 0.3) is 0 Å². The van der Waals surface area contributed by atoms with E-state index in [0.29, 0.717) is 30.4 Å². The second-order valence-electron chi connectivity index (χ2n) is 13.9. The van der Waals surface area contributed by atoms with Crippen molar-refractivity contribution in [3.8, 4) is 11.5 Å². The first-order valence-corrected chi connectivity index (χ1v) is 17.7. The minimum Gasteiger partial charge on any atom is -0.508 e. The molecule has 3 aromatic carbocycles. The van der Waals surface area contributed by atoms with Crippen LogP contribution in [0.25, 0.3) is 0 Å². The van der Waals surface area contributed by atoms with Gasteiger partial charge in [-0.15, -0.1) is 13.2 Å². The molecule has 3 fully saturated rings. The number of anilines is 1. The van der Waals surface area contributed by atoms with Crippen molar-refractivity contribution in [2.24, 2.45) is 23.7 Å². The number of carbonyl (C=O) groups excluding carboxylic acids is 4. The maximum atomic E-state index is 15.3. The lowest BCUT2D eigenvalue weighted by molar-refractivity contribution is -0.274. The van der Waals surface area contributed by atoms with Crippen LogP contribution in [0.15, 0.2) is 84.4 Å². The number of carbonyl (C=O) groups is 5. The van der Waals surface area contributed by atoms with E-state index >= 15 is 4.79 Å². The molecule has 276 valence electrons. The number of aliphatic carboxylic acids is 1. The zero-order chi connectivity index (χ0) is 37.8. The summed E-state index contributed by atoms with van der Waals surface area (Å²) in [5.74, 6) is -9.26. The van der Waals surface area contributed by atoms with E-state index in [-0.39, 0.29) is 42.1 Å². The summed E-state index contributed by atoms with van der Waals surface area (Å²) in [5.41, 5.74) is -0.941. The predicted molar refractivity (Wildman–Crippen MR) is 184 cm³/mol. The molecule has 4 amide bonds. The Morgan fingerprint density at radius 1 is 0.906 bits per heavy atom. The molecule has 0 aromatic heterocycles. The monoisotopic (exact) mass is 750 g/mol. The van der Waals surface area contributed by atoms with Gasteiger partial charge < -0.3 is 14.9 Å². The Hall–Kier alpha value is -5.17. The van der Waals surface area contributed by atoms with Crippen molar-refractivity contribution in [3.05, 3.63) is 101 Å². The number of aromatic hydroxyl groups is 1. The summed E-state index contributed by atoms with van der Waals surface area (Å²) in [6.07, 6.45) is -2.15. The van der Waals surface area contributed by atoms with Gasteiger partial charge in [-0.1, -0.05) is 66.1 Å². The lowest BCUT2D eigenvalue weighted by Gasteiger charge is -2.50. The van der Waals surface area contributed by atoms with Gasteiger partial charge in [-0.3, -0.25) is 28.9 Å². The number of amides is 4. The molecule has 2 aliphatic heterocycles. The number of benzene rings is 3. The number of imide groups is 2. The number of alkyl halides is 3. The van der Waals surface area contributed by atoms with Gasteiger partial charge in [0.15, 0.2) is 0 Å². The number of nitrogens with zero attached hydrogens (tertiary/aromatic N) is 2. The standard InChI is InChI=1S/C39H34ClF3N2O8/c40-22-10-7-11-23(18-22)45-35(50)29-20-27-25(14-15-26-32(27)36(51)44(34(26)49)17-6-2-5-12-31(47)48)33(38(29,37(45)52)21-8-3-1-4-9-21)28-19-24(13-16-30(28)46)53-39(41,42)43/h1,3-4,7-11,13-14,16,18-19,26-27,29,32-33,46H,2,5-6,12,15,17,20H2,(H,47,48)/t26-,27+,29-,32-,33+,38+/m0/s1. The third-order valence-corrected chi connectivity index (χ3v) is 11.3. The molecule has 0 spiro atoms. The number of hydrogen-bond acceptors (Lipinski definition) is 7. The van der Waals surface area contributed by atoms with Crippen molar-refractivity contribution in [1.82, 2.24) is 4.90 Å². The van der Waals surface area contributed by atoms with Gasteiger partial charge in [-0.05, 0) is 73.6 Å². The summed E-state index contributed by atoms with van der Waals surface area (Å²) in [4.78, 5) is 71.2. The summed E-state index contributed by atoms with van der Waals surface area (Å²) in [6, 6.07) is 17.5. The highest BCUT2D eigenvalue weighted by molar-refractivity contribution is 6.32. The molecule has 0 bridgehead atoms. The number of phenols is 1. The molecular formula is C39H34ClF3N2O8. The average Bonchev–Trinajstić information content (AvgIpc) is 3.49. The first-order chi connectivity index (χ1) is 25.2. The van der Waals surface area contributed by atoms with Crippen LogP contribution in [0.1, 0.15) is 55.6 Å². The van der Waals surface area contributed by atoms with Gasteiger partial charge in [0.2, 0.25) is 23.6 Å². The fourth-order valence-electron chi connectivity index (χ4n) is 9.06. The Balaban J connectivity index is 1.40. The largest absolute Gasteiger partial charge is 0.573 e. The number of fused-ring (bicyclic) bond motifs is 4. The topological polar surface area (TPSA) is 142 Å². The van der Waals surface area contributed by atoms with Gasteiger partial charge >= 0.3 is 12.3 Å². The number of carboxylic acids is 1. The van der Waals surface area contributed by atoms with Crippen LogP contribution in [-0.2, 0) is 29.4 Å². The molecule has 0 radical (unpaired) electrons. The van der Waals surface area contributed by atoms with Gasteiger partial charge in [0, 0.05) is 29.5 Å². The summed E-state index contributed by atoms with van der Waals surface area (Å²) in [7, 11) is 0. The van der Waals surface area contributed by atoms with Crippen molar-refractivity contribution >= 4 is 46.9 Å². The molecule has 1 saturated carbocycles. The Labute approximate surface area is 306 Å². The molecule has 14 heteroatoms. The third kappa shape index (κ3) is 6.14. The number of rotatable bonds is 10. The normalized spacial score (nSPS) is 26.6. The van der Waals surface area contributed by atoms with E-state index in [4.69, 9.17) is 16.7 Å². The lowest BCUT2D eigenvalue weighted by atomic mass is 9.49. The van der Waals surface area contributed by atoms with Crippen molar-refractivity contribution in [1.29, 1.82) is 0 Å². The molecule has 3 aromatic rings.